The van der Waals surface area contributed by atoms with Gasteiger partial charge in [-0.25, -0.2) is 9.97 Å². The van der Waals surface area contributed by atoms with E-state index in [0.717, 1.165) is 12.1 Å². The molecule has 0 bridgehead atoms. The number of carbonyl (C=O) groups excluding carboxylic acids is 1. The van der Waals surface area contributed by atoms with E-state index in [2.05, 4.69) is 27.5 Å². The summed E-state index contributed by atoms with van der Waals surface area (Å²) in [6.07, 6.45) is 2.28. The zero-order chi connectivity index (χ0) is 19.2. The Balaban J connectivity index is 1.72. The van der Waals surface area contributed by atoms with Crippen LogP contribution in [-0.4, -0.2) is 23.0 Å². The lowest BCUT2D eigenvalue weighted by atomic mass is 10.1. The first-order valence-corrected chi connectivity index (χ1v) is 8.79. The van der Waals surface area contributed by atoms with Gasteiger partial charge in [-0.3, -0.25) is 4.79 Å². The van der Waals surface area contributed by atoms with Crippen LogP contribution in [0.2, 0.25) is 5.02 Å². The molecule has 0 atom stereocenters. The number of carbonyl (C=O) groups is 1. The summed E-state index contributed by atoms with van der Waals surface area (Å²) in [5.74, 6) is 0.759. The zero-order valence-electron chi connectivity index (χ0n) is 15.0. The molecular weight excluding hydrogens is 364 g/mol. The van der Waals surface area contributed by atoms with E-state index in [1.54, 1.807) is 25.3 Å². The maximum Gasteiger partial charge on any atom is 0.274 e. The molecule has 0 aliphatic heterocycles. The van der Waals surface area contributed by atoms with Gasteiger partial charge in [0, 0.05) is 17.4 Å². The number of benzene rings is 2. The molecule has 2 aromatic carbocycles. The van der Waals surface area contributed by atoms with Gasteiger partial charge in [-0.15, -0.1) is 0 Å². The average molecular weight is 383 g/mol. The Bertz CT molecular complexity index is 945. The van der Waals surface area contributed by atoms with Gasteiger partial charge in [-0.2, -0.15) is 0 Å². The van der Waals surface area contributed by atoms with Crippen molar-refractivity contribution in [3.8, 4) is 5.75 Å². The molecule has 2 N–H and O–H groups in total. The fourth-order valence-electron chi connectivity index (χ4n) is 2.46. The Morgan fingerprint density at radius 3 is 2.48 bits per heavy atom. The minimum Gasteiger partial charge on any atom is -0.495 e. The highest BCUT2D eigenvalue weighted by molar-refractivity contribution is 6.32. The molecule has 3 aromatic rings. The van der Waals surface area contributed by atoms with Crippen molar-refractivity contribution in [1.29, 1.82) is 0 Å². The van der Waals surface area contributed by atoms with Crippen LogP contribution in [-0.2, 0) is 6.42 Å². The molecule has 1 aromatic heterocycles. The Hall–Kier alpha value is -3.12. The highest BCUT2D eigenvalue weighted by Crippen LogP contribution is 2.28. The number of nitrogens with zero attached hydrogens (tertiary/aromatic N) is 2. The van der Waals surface area contributed by atoms with Gasteiger partial charge in [0.15, 0.2) is 0 Å². The second-order valence-electron chi connectivity index (χ2n) is 5.77. The molecule has 0 unspecified atom stereocenters. The quantitative estimate of drug-likeness (QED) is 0.646. The van der Waals surface area contributed by atoms with E-state index in [1.165, 1.54) is 11.9 Å². The van der Waals surface area contributed by atoms with E-state index >= 15 is 0 Å². The van der Waals surface area contributed by atoms with Crippen molar-refractivity contribution in [3.63, 3.8) is 0 Å². The van der Waals surface area contributed by atoms with Crippen LogP contribution < -0.4 is 15.4 Å². The number of hydrogen-bond donors (Lipinski definition) is 2. The summed E-state index contributed by atoms with van der Waals surface area (Å²) in [5, 5.41) is 6.41. The summed E-state index contributed by atoms with van der Waals surface area (Å²) >= 11 is 6.13. The normalized spacial score (nSPS) is 10.3. The molecule has 1 heterocycles. The average Bonchev–Trinajstić information content (AvgIpc) is 2.69. The number of aryl methyl sites for hydroxylation is 1. The van der Waals surface area contributed by atoms with E-state index in [1.807, 2.05) is 30.3 Å². The van der Waals surface area contributed by atoms with Crippen molar-refractivity contribution >= 4 is 34.7 Å². The van der Waals surface area contributed by atoms with Gasteiger partial charge in [0.1, 0.15) is 23.6 Å². The van der Waals surface area contributed by atoms with E-state index in [4.69, 9.17) is 16.3 Å². The van der Waals surface area contributed by atoms with Crippen LogP contribution in [0.3, 0.4) is 0 Å². The van der Waals surface area contributed by atoms with Crippen molar-refractivity contribution < 1.29 is 9.53 Å². The van der Waals surface area contributed by atoms with Crippen LogP contribution in [0.5, 0.6) is 5.75 Å². The van der Waals surface area contributed by atoms with Crippen LogP contribution in [0, 0.1) is 0 Å². The number of nitrogens with one attached hydrogen (secondary N) is 2. The predicted molar refractivity (Wildman–Crippen MR) is 107 cm³/mol. The second kappa shape index (κ2) is 8.51. The van der Waals surface area contributed by atoms with Gasteiger partial charge in [-0.05, 0) is 42.3 Å². The third-order valence-electron chi connectivity index (χ3n) is 3.94. The van der Waals surface area contributed by atoms with Gasteiger partial charge < -0.3 is 15.4 Å². The summed E-state index contributed by atoms with van der Waals surface area (Å²) in [6, 6.07) is 14.6. The maximum atomic E-state index is 12.4. The monoisotopic (exact) mass is 382 g/mol. The summed E-state index contributed by atoms with van der Waals surface area (Å²) in [5.41, 5.74) is 2.90. The standard InChI is InChI=1S/C20H19ClN4O2/c1-3-13-4-6-14(7-5-13)25-20(26)17-11-19(23-12-22-17)24-15-8-9-18(27-2)16(21)10-15/h4-12H,3H2,1-2H3,(H,25,26)(H,22,23,24). The van der Waals surface area contributed by atoms with Gasteiger partial charge in [-0.1, -0.05) is 30.7 Å². The number of aromatic nitrogens is 2. The van der Waals surface area contributed by atoms with Crippen LogP contribution in [0.1, 0.15) is 23.0 Å². The molecule has 138 valence electrons. The molecule has 3 rings (SSSR count). The SMILES string of the molecule is CCc1ccc(NC(=O)c2cc(Nc3ccc(OC)c(Cl)c3)ncn2)cc1. The third kappa shape index (κ3) is 4.74. The van der Waals surface area contributed by atoms with Crippen LogP contribution in [0.4, 0.5) is 17.2 Å². The van der Waals surface area contributed by atoms with Crippen molar-refractivity contribution in [2.75, 3.05) is 17.7 Å². The van der Waals surface area contributed by atoms with Crippen LogP contribution in [0.15, 0.2) is 54.9 Å². The summed E-state index contributed by atoms with van der Waals surface area (Å²) < 4.78 is 5.13. The lowest BCUT2D eigenvalue weighted by Crippen LogP contribution is -2.14. The van der Waals surface area contributed by atoms with Gasteiger partial charge in [0.2, 0.25) is 0 Å². The molecule has 7 heteroatoms. The molecule has 6 nitrogen and oxygen atoms in total. The molecule has 0 fully saturated rings. The molecule has 27 heavy (non-hydrogen) atoms. The number of anilines is 3. The fourth-order valence-corrected chi connectivity index (χ4v) is 2.72. The first-order valence-electron chi connectivity index (χ1n) is 8.42. The summed E-state index contributed by atoms with van der Waals surface area (Å²) in [7, 11) is 1.55. The van der Waals surface area contributed by atoms with E-state index in [0.29, 0.717) is 22.3 Å². The molecule has 0 spiro atoms. The van der Waals surface area contributed by atoms with Crippen molar-refractivity contribution in [2.45, 2.75) is 13.3 Å². The lowest BCUT2D eigenvalue weighted by molar-refractivity contribution is 0.102. The largest absolute Gasteiger partial charge is 0.495 e. The van der Waals surface area contributed by atoms with Crippen molar-refractivity contribution in [1.82, 2.24) is 9.97 Å². The number of ether oxygens (including phenoxy) is 1. The lowest BCUT2D eigenvalue weighted by Gasteiger charge is -2.09. The van der Waals surface area contributed by atoms with Crippen LogP contribution in [0.25, 0.3) is 0 Å². The number of hydrogen-bond acceptors (Lipinski definition) is 5. The molecule has 1 amide bonds. The van der Waals surface area contributed by atoms with Gasteiger partial charge in [0.25, 0.3) is 5.91 Å². The van der Waals surface area contributed by atoms with Gasteiger partial charge >= 0.3 is 0 Å². The minimum absolute atomic E-state index is 0.256. The fraction of sp³-hybridized carbons (Fsp3) is 0.150. The van der Waals surface area contributed by atoms with E-state index in [9.17, 15) is 4.79 Å². The maximum absolute atomic E-state index is 12.4. The Kier molecular flexibility index (Phi) is 5.88. The topological polar surface area (TPSA) is 76.1 Å². The smallest absolute Gasteiger partial charge is 0.274 e. The first-order chi connectivity index (χ1) is 13.1. The van der Waals surface area contributed by atoms with Crippen LogP contribution >= 0.6 is 11.6 Å². The van der Waals surface area contributed by atoms with E-state index < -0.39 is 0 Å². The number of methoxy groups -OCH3 is 1. The highest BCUT2D eigenvalue weighted by atomic mass is 35.5. The molecule has 0 saturated heterocycles. The predicted octanol–water partition coefficient (Wildman–Crippen LogP) is 4.70. The molecule has 0 aliphatic carbocycles. The van der Waals surface area contributed by atoms with Crippen molar-refractivity contribution in [2.24, 2.45) is 0 Å². The van der Waals surface area contributed by atoms with Gasteiger partial charge in [0.05, 0.1) is 12.1 Å². The molecule has 0 saturated carbocycles. The van der Waals surface area contributed by atoms with E-state index in [-0.39, 0.29) is 11.6 Å². The molecule has 0 aliphatic rings. The van der Waals surface area contributed by atoms with Crippen molar-refractivity contribution in [3.05, 3.63) is 71.1 Å². The Labute approximate surface area is 162 Å². The third-order valence-corrected chi connectivity index (χ3v) is 4.24. The molecular formula is C20H19ClN4O2. The Morgan fingerprint density at radius 2 is 1.81 bits per heavy atom. The number of halogens is 1. The molecule has 0 radical (unpaired) electrons. The zero-order valence-corrected chi connectivity index (χ0v) is 15.7. The summed E-state index contributed by atoms with van der Waals surface area (Å²) in [6.45, 7) is 2.08. The summed E-state index contributed by atoms with van der Waals surface area (Å²) in [4.78, 5) is 20.6. The Morgan fingerprint density at radius 1 is 1.07 bits per heavy atom. The first kappa shape index (κ1) is 18.7. The minimum atomic E-state index is -0.308. The second-order valence-corrected chi connectivity index (χ2v) is 6.17. The number of amides is 1. The number of rotatable bonds is 6. The highest BCUT2D eigenvalue weighted by Gasteiger charge is 2.10.